The van der Waals surface area contributed by atoms with Crippen molar-refractivity contribution in [3.8, 4) is 17.1 Å². The molecule has 9 nitrogen and oxygen atoms in total. The number of hydrogen-bond acceptors (Lipinski definition) is 7. The van der Waals surface area contributed by atoms with Crippen LogP contribution in [0.3, 0.4) is 0 Å². The molecule has 5 heterocycles. The number of aromatic nitrogens is 7. The number of aryl methyl sites for hydroxylation is 1. The van der Waals surface area contributed by atoms with E-state index in [9.17, 15) is 0 Å². The molecule has 9 heteroatoms. The van der Waals surface area contributed by atoms with Crippen LogP contribution in [0.1, 0.15) is 38.4 Å². The maximum Gasteiger partial charge on any atom is 0.228 e. The minimum absolute atomic E-state index is 0.266. The van der Waals surface area contributed by atoms with Crippen LogP contribution in [0.2, 0.25) is 0 Å². The van der Waals surface area contributed by atoms with E-state index in [1.807, 2.05) is 35.7 Å². The molecule has 1 aliphatic rings. The molecule has 4 aromatic heterocycles. The largest absolute Gasteiger partial charge is 0.478 e. The zero-order chi connectivity index (χ0) is 20.7. The van der Waals surface area contributed by atoms with Gasteiger partial charge in [0, 0.05) is 30.9 Å². The SMILES string of the molecule is CCC(C)C[C@@H]1COc2cc(-c3ccnc(Nc4ccnn4C)n3)cc3nnc1n23. The van der Waals surface area contributed by atoms with E-state index in [4.69, 9.17) is 4.74 Å². The number of nitrogens with one attached hydrogen (secondary N) is 1. The molecule has 0 bridgehead atoms. The van der Waals surface area contributed by atoms with Gasteiger partial charge in [-0.25, -0.2) is 14.4 Å². The van der Waals surface area contributed by atoms with E-state index < -0.39 is 0 Å². The molecule has 0 radical (unpaired) electrons. The van der Waals surface area contributed by atoms with Crippen molar-refractivity contribution in [3.05, 3.63) is 42.5 Å². The van der Waals surface area contributed by atoms with Crippen molar-refractivity contribution in [2.75, 3.05) is 11.9 Å². The predicted molar refractivity (Wildman–Crippen MR) is 113 cm³/mol. The lowest BCUT2D eigenvalue weighted by molar-refractivity contribution is 0.226. The molecule has 0 saturated carbocycles. The van der Waals surface area contributed by atoms with Crippen LogP contribution in [0.15, 0.2) is 36.7 Å². The summed E-state index contributed by atoms with van der Waals surface area (Å²) in [4.78, 5) is 8.97. The molecule has 1 aliphatic heterocycles. The minimum Gasteiger partial charge on any atom is -0.478 e. The third-order valence-electron chi connectivity index (χ3n) is 5.69. The van der Waals surface area contributed by atoms with Crippen LogP contribution in [0.5, 0.6) is 5.88 Å². The van der Waals surface area contributed by atoms with Crippen molar-refractivity contribution in [2.45, 2.75) is 32.6 Å². The molecule has 1 unspecified atom stereocenters. The van der Waals surface area contributed by atoms with E-state index in [0.29, 0.717) is 18.5 Å². The van der Waals surface area contributed by atoms with Gasteiger partial charge in [-0.3, -0.25) is 4.68 Å². The summed E-state index contributed by atoms with van der Waals surface area (Å²) in [7, 11) is 1.86. The Balaban J connectivity index is 1.48. The van der Waals surface area contributed by atoms with E-state index in [1.54, 1.807) is 17.1 Å². The van der Waals surface area contributed by atoms with Gasteiger partial charge in [0.25, 0.3) is 0 Å². The van der Waals surface area contributed by atoms with Crippen LogP contribution in [0.4, 0.5) is 11.8 Å². The molecule has 0 spiro atoms. The van der Waals surface area contributed by atoms with Crippen LogP contribution >= 0.6 is 0 Å². The standard InChI is InChI=1S/C21H24N8O/c1-4-13(2)9-15-12-30-19-11-14(10-18-26-27-20(15)29(18)19)16-5-7-22-21(24-16)25-17-6-8-23-28(17)3/h5-8,10-11,13,15H,4,9,12H2,1-3H3,(H,22,24,25)/t13?,15-/m1/s1. The van der Waals surface area contributed by atoms with Crippen molar-refractivity contribution >= 4 is 17.4 Å². The normalized spacial score (nSPS) is 16.4. The van der Waals surface area contributed by atoms with Crippen LogP contribution < -0.4 is 10.1 Å². The molecule has 2 atom stereocenters. The highest BCUT2D eigenvalue weighted by Gasteiger charge is 2.27. The first-order chi connectivity index (χ1) is 14.6. The van der Waals surface area contributed by atoms with Gasteiger partial charge in [0.1, 0.15) is 11.6 Å². The van der Waals surface area contributed by atoms with E-state index in [1.165, 1.54) is 0 Å². The molecule has 154 valence electrons. The summed E-state index contributed by atoms with van der Waals surface area (Å²) < 4.78 is 9.87. The first kappa shape index (κ1) is 18.5. The smallest absolute Gasteiger partial charge is 0.228 e. The Morgan fingerprint density at radius 1 is 1.23 bits per heavy atom. The molecule has 1 N–H and O–H groups in total. The van der Waals surface area contributed by atoms with Gasteiger partial charge in [-0.15, -0.1) is 10.2 Å². The Hall–Kier alpha value is -3.49. The number of rotatable bonds is 6. The molecule has 30 heavy (non-hydrogen) atoms. The summed E-state index contributed by atoms with van der Waals surface area (Å²) in [5.41, 5.74) is 2.46. The molecule has 0 aromatic carbocycles. The van der Waals surface area contributed by atoms with Gasteiger partial charge in [-0.2, -0.15) is 5.10 Å². The second kappa shape index (κ2) is 7.40. The zero-order valence-electron chi connectivity index (χ0n) is 17.3. The van der Waals surface area contributed by atoms with Crippen LogP contribution in [0.25, 0.3) is 16.9 Å². The highest BCUT2D eigenvalue weighted by Crippen LogP contribution is 2.34. The minimum atomic E-state index is 0.266. The first-order valence-electron chi connectivity index (χ1n) is 10.2. The molecule has 4 aromatic rings. The van der Waals surface area contributed by atoms with Crippen molar-refractivity contribution in [1.29, 1.82) is 0 Å². The quantitative estimate of drug-likeness (QED) is 0.525. The summed E-state index contributed by atoms with van der Waals surface area (Å²) in [6.07, 6.45) is 5.65. The average molecular weight is 404 g/mol. The van der Waals surface area contributed by atoms with Gasteiger partial charge < -0.3 is 10.1 Å². The lowest BCUT2D eigenvalue weighted by atomic mass is 9.93. The van der Waals surface area contributed by atoms with Gasteiger partial charge in [-0.05, 0) is 24.5 Å². The van der Waals surface area contributed by atoms with Crippen LogP contribution in [-0.4, -0.2) is 41.0 Å². The Labute approximate surface area is 174 Å². The van der Waals surface area contributed by atoms with Crippen molar-refractivity contribution < 1.29 is 4.74 Å². The van der Waals surface area contributed by atoms with Crippen LogP contribution in [0, 0.1) is 5.92 Å². The number of nitrogens with zero attached hydrogens (tertiary/aromatic N) is 7. The second-order valence-electron chi connectivity index (χ2n) is 7.82. The van der Waals surface area contributed by atoms with E-state index in [0.717, 1.165) is 47.3 Å². The maximum absolute atomic E-state index is 6.12. The lowest BCUT2D eigenvalue weighted by Gasteiger charge is -2.25. The van der Waals surface area contributed by atoms with Gasteiger partial charge in [0.15, 0.2) is 5.65 Å². The van der Waals surface area contributed by atoms with Gasteiger partial charge >= 0.3 is 0 Å². The molecule has 0 fully saturated rings. The summed E-state index contributed by atoms with van der Waals surface area (Å²) in [6.45, 7) is 5.11. The summed E-state index contributed by atoms with van der Waals surface area (Å²) >= 11 is 0. The van der Waals surface area contributed by atoms with E-state index >= 15 is 0 Å². The number of anilines is 2. The topological polar surface area (TPSA) is 95.0 Å². The highest BCUT2D eigenvalue weighted by molar-refractivity contribution is 5.67. The monoisotopic (exact) mass is 404 g/mol. The molecule has 5 rings (SSSR count). The Kier molecular flexibility index (Phi) is 4.57. The Morgan fingerprint density at radius 2 is 2.13 bits per heavy atom. The summed E-state index contributed by atoms with van der Waals surface area (Å²) in [5, 5.41) is 16.2. The number of pyridine rings is 1. The van der Waals surface area contributed by atoms with E-state index in [-0.39, 0.29) is 5.92 Å². The molecule has 0 aliphatic carbocycles. The molecule has 0 saturated heterocycles. The number of ether oxygens (including phenoxy) is 1. The van der Waals surface area contributed by atoms with Gasteiger partial charge in [-0.1, -0.05) is 20.3 Å². The molecular weight excluding hydrogens is 380 g/mol. The van der Waals surface area contributed by atoms with Crippen molar-refractivity contribution in [1.82, 2.24) is 34.3 Å². The zero-order valence-corrected chi connectivity index (χ0v) is 17.3. The average Bonchev–Trinajstić information content (AvgIpc) is 3.37. The number of hydrogen-bond donors (Lipinski definition) is 1. The fourth-order valence-corrected chi connectivity index (χ4v) is 3.80. The third kappa shape index (κ3) is 3.26. The van der Waals surface area contributed by atoms with Crippen LogP contribution in [-0.2, 0) is 7.05 Å². The van der Waals surface area contributed by atoms with Gasteiger partial charge in [0.05, 0.1) is 24.4 Å². The fourth-order valence-electron chi connectivity index (χ4n) is 3.80. The third-order valence-corrected chi connectivity index (χ3v) is 5.69. The van der Waals surface area contributed by atoms with Gasteiger partial charge in [0.2, 0.25) is 11.8 Å². The summed E-state index contributed by atoms with van der Waals surface area (Å²) in [6, 6.07) is 7.73. The molecular formula is C21H24N8O. The van der Waals surface area contributed by atoms with Crippen molar-refractivity contribution in [2.24, 2.45) is 13.0 Å². The Bertz CT molecular complexity index is 1200. The lowest BCUT2D eigenvalue weighted by Crippen LogP contribution is -2.22. The highest BCUT2D eigenvalue weighted by atomic mass is 16.5. The predicted octanol–water partition coefficient (Wildman–Crippen LogP) is 3.58. The second-order valence-corrected chi connectivity index (χ2v) is 7.82. The fraction of sp³-hybridized carbons (Fsp3) is 0.381. The van der Waals surface area contributed by atoms with E-state index in [2.05, 4.69) is 44.4 Å². The molecule has 0 amide bonds. The first-order valence-corrected chi connectivity index (χ1v) is 10.2. The maximum atomic E-state index is 6.12. The van der Waals surface area contributed by atoms with Crippen molar-refractivity contribution in [3.63, 3.8) is 0 Å². The Morgan fingerprint density at radius 3 is 2.93 bits per heavy atom. The summed E-state index contributed by atoms with van der Waals surface area (Å²) in [5.74, 6) is 3.94.